The summed E-state index contributed by atoms with van der Waals surface area (Å²) in [5.41, 5.74) is 0.810. The number of primary sulfonamides is 1. The van der Waals surface area contributed by atoms with E-state index in [4.69, 9.17) is 9.88 Å². The van der Waals surface area contributed by atoms with Crippen LogP contribution < -0.4 is 14.7 Å². The highest BCUT2D eigenvalue weighted by atomic mass is 32.2. The van der Waals surface area contributed by atoms with Crippen molar-refractivity contribution in [3.8, 4) is 5.75 Å². The molecule has 142 valence electrons. The number of hydrogen-bond acceptors (Lipinski definition) is 5. The molecule has 3 rings (SSSR count). The number of hydrogen-bond donors (Lipinski definition) is 1. The zero-order chi connectivity index (χ0) is 19.4. The fourth-order valence-corrected chi connectivity index (χ4v) is 4.28. The van der Waals surface area contributed by atoms with Crippen LogP contribution in [-0.4, -0.2) is 25.5 Å². The summed E-state index contributed by atoms with van der Waals surface area (Å²) in [5.74, 6) is 0.179. The van der Waals surface area contributed by atoms with Crippen molar-refractivity contribution >= 4 is 37.5 Å². The van der Waals surface area contributed by atoms with E-state index in [1.165, 1.54) is 23.5 Å². The van der Waals surface area contributed by atoms with E-state index in [1.54, 1.807) is 18.2 Å². The van der Waals surface area contributed by atoms with E-state index in [0.29, 0.717) is 21.8 Å². The molecule has 1 amide bonds. The third-order valence-electron chi connectivity index (χ3n) is 3.76. The Bertz CT molecular complexity index is 1130. The number of benzene rings is 2. The normalized spacial score (nSPS) is 12.4. The first-order chi connectivity index (χ1) is 12.9. The smallest absolute Gasteiger partial charge is 0.286 e. The number of carbonyl (C=O) groups is 1. The molecule has 0 spiro atoms. The number of aryl methyl sites for hydroxylation is 1. The Kier molecular flexibility index (Phi) is 5.73. The molecule has 0 fully saturated rings. The number of aromatic nitrogens is 1. The van der Waals surface area contributed by atoms with Gasteiger partial charge in [-0.1, -0.05) is 36.5 Å². The Balaban J connectivity index is 1.95. The number of nitrogens with two attached hydrogens (primary N) is 1. The number of ether oxygens (including phenoxy) is 1. The number of fused-ring (bicyclic) bond motifs is 1. The molecule has 0 unspecified atom stereocenters. The van der Waals surface area contributed by atoms with E-state index in [0.717, 1.165) is 11.9 Å². The summed E-state index contributed by atoms with van der Waals surface area (Å²) in [6.07, 6.45) is 0.838. The molecular weight excluding hydrogens is 386 g/mol. The molecule has 2 N–H and O–H groups in total. The second kappa shape index (κ2) is 8.03. The van der Waals surface area contributed by atoms with Gasteiger partial charge < -0.3 is 9.30 Å². The first-order valence-electron chi connectivity index (χ1n) is 8.30. The van der Waals surface area contributed by atoms with Crippen LogP contribution in [0.3, 0.4) is 0 Å². The standard InChI is InChI=1S/C18H19N3O4S2/c1-2-10-21-15-9-8-14(27(19,23)24)11-16(15)26-18(21)20-17(22)12-25-13-6-4-3-5-7-13/h3-9,11H,2,10,12H2,1H3,(H2,19,23,24). The molecule has 1 aromatic heterocycles. The predicted octanol–water partition coefficient (Wildman–Crippen LogP) is 2.27. The topological polar surface area (TPSA) is 104 Å². The lowest BCUT2D eigenvalue weighted by molar-refractivity contribution is -0.120. The van der Waals surface area contributed by atoms with Gasteiger partial charge in [0.1, 0.15) is 5.75 Å². The fourth-order valence-electron chi connectivity index (χ4n) is 2.56. The van der Waals surface area contributed by atoms with Gasteiger partial charge in [-0.25, -0.2) is 13.6 Å². The van der Waals surface area contributed by atoms with Gasteiger partial charge in [0.05, 0.1) is 15.1 Å². The second-order valence-electron chi connectivity index (χ2n) is 5.82. The number of sulfonamides is 1. The molecule has 0 radical (unpaired) electrons. The van der Waals surface area contributed by atoms with Gasteiger partial charge in [-0.15, -0.1) is 0 Å². The van der Waals surface area contributed by atoms with Crippen LogP contribution in [0.1, 0.15) is 13.3 Å². The predicted molar refractivity (Wildman–Crippen MR) is 104 cm³/mol. The van der Waals surface area contributed by atoms with Gasteiger partial charge in [-0.2, -0.15) is 4.99 Å². The van der Waals surface area contributed by atoms with Crippen LogP contribution in [0.2, 0.25) is 0 Å². The van der Waals surface area contributed by atoms with Crippen molar-refractivity contribution < 1.29 is 17.9 Å². The molecule has 0 atom stereocenters. The zero-order valence-electron chi connectivity index (χ0n) is 14.7. The van der Waals surface area contributed by atoms with Gasteiger partial charge in [0, 0.05) is 6.54 Å². The summed E-state index contributed by atoms with van der Waals surface area (Å²) in [7, 11) is -3.79. The van der Waals surface area contributed by atoms with Crippen molar-refractivity contribution in [2.75, 3.05) is 6.61 Å². The van der Waals surface area contributed by atoms with E-state index in [1.807, 2.05) is 29.7 Å². The van der Waals surface area contributed by atoms with Crippen LogP contribution in [0.5, 0.6) is 5.75 Å². The average Bonchev–Trinajstić information content (AvgIpc) is 2.97. The maximum absolute atomic E-state index is 12.2. The summed E-state index contributed by atoms with van der Waals surface area (Å²) in [6, 6.07) is 13.7. The first kappa shape index (κ1) is 19.3. The van der Waals surface area contributed by atoms with Crippen molar-refractivity contribution in [1.82, 2.24) is 4.57 Å². The molecule has 0 saturated carbocycles. The molecule has 0 aliphatic rings. The maximum Gasteiger partial charge on any atom is 0.286 e. The summed E-state index contributed by atoms with van der Waals surface area (Å²) in [6.45, 7) is 2.49. The Labute approximate surface area is 160 Å². The molecular formula is C18H19N3O4S2. The largest absolute Gasteiger partial charge is 0.484 e. The van der Waals surface area contributed by atoms with Gasteiger partial charge in [0.25, 0.3) is 5.91 Å². The molecule has 0 aliphatic carbocycles. The van der Waals surface area contributed by atoms with Gasteiger partial charge in [-0.05, 0) is 36.8 Å². The molecule has 9 heteroatoms. The lowest BCUT2D eigenvalue weighted by atomic mass is 10.3. The van der Waals surface area contributed by atoms with Gasteiger partial charge in [0.15, 0.2) is 11.4 Å². The number of thiazole rings is 1. The molecule has 0 aliphatic heterocycles. The van der Waals surface area contributed by atoms with Crippen molar-refractivity contribution in [3.05, 3.63) is 53.3 Å². The van der Waals surface area contributed by atoms with Crippen LogP contribution in [-0.2, 0) is 21.4 Å². The number of nitrogens with zero attached hydrogens (tertiary/aromatic N) is 2. The number of carbonyl (C=O) groups excluding carboxylic acids is 1. The quantitative estimate of drug-likeness (QED) is 0.679. The van der Waals surface area contributed by atoms with Crippen LogP contribution >= 0.6 is 11.3 Å². The number of para-hydroxylation sites is 1. The molecule has 7 nitrogen and oxygen atoms in total. The van der Waals surface area contributed by atoms with Crippen LogP contribution in [0.25, 0.3) is 10.2 Å². The van der Waals surface area contributed by atoms with E-state index in [-0.39, 0.29) is 11.5 Å². The molecule has 2 aromatic carbocycles. The number of amides is 1. The van der Waals surface area contributed by atoms with Crippen molar-refractivity contribution in [2.24, 2.45) is 10.1 Å². The third kappa shape index (κ3) is 4.62. The van der Waals surface area contributed by atoms with Gasteiger partial charge in [-0.3, -0.25) is 4.79 Å². The maximum atomic E-state index is 12.2. The lowest BCUT2D eigenvalue weighted by Gasteiger charge is -2.04. The van der Waals surface area contributed by atoms with E-state index >= 15 is 0 Å². The Morgan fingerprint density at radius 2 is 1.96 bits per heavy atom. The second-order valence-corrected chi connectivity index (χ2v) is 8.39. The van der Waals surface area contributed by atoms with Crippen molar-refractivity contribution in [1.29, 1.82) is 0 Å². The third-order valence-corrected chi connectivity index (χ3v) is 5.71. The van der Waals surface area contributed by atoms with Gasteiger partial charge >= 0.3 is 0 Å². The SMILES string of the molecule is CCCn1c(=NC(=O)COc2ccccc2)sc2cc(S(N)(=O)=O)ccc21. The Morgan fingerprint density at radius 3 is 2.63 bits per heavy atom. The van der Waals surface area contributed by atoms with E-state index < -0.39 is 15.9 Å². The minimum atomic E-state index is -3.79. The fraction of sp³-hybridized carbons (Fsp3) is 0.222. The summed E-state index contributed by atoms with van der Waals surface area (Å²) in [4.78, 5) is 16.9. The van der Waals surface area contributed by atoms with Crippen LogP contribution in [0.4, 0.5) is 0 Å². The van der Waals surface area contributed by atoms with Gasteiger partial charge in [0.2, 0.25) is 10.0 Å². The van der Waals surface area contributed by atoms with E-state index in [9.17, 15) is 13.2 Å². The molecule has 27 heavy (non-hydrogen) atoms. The summed E-state index contributed by atoms with van der Waals surface area (Å²) in [5, 5.41) is 5.20. The zero-order valence-corrected chi connectivity index (χ0v) is 16.3. The molecule has 1 heterocycles. The first-order valence-corrected chi connectivity index (χ1v) is 10.7. The number of rotatable bonds is 6. The highest BCUT2D eigenvalue weighted by molar-refractivity contribution is 7.89. The molecule has 0 bridgehead atoms. The highest BCUT2D eigenvalue weighted by Gasteiger charge is 2.13. The summed E-state index contributed by atoms with van der Waals surface area (Å²) < 4.78 is 31.2. The highest BCUT2D eigenvalue weighted by Crippen LogP contribution is 2.21. The molecule has 3 aromatic rings. The Morgan fingerprint density at radius 1 is 1.22 bits per heavy atom. The van der Waals surface area contributed by atoms with Crippen molar-refractivity contribution in [2.45, 2.75) is 24.8 Å². The monoisotopic (exact) mass is 405 g/mol. The van der Waals surface area contributed by atoms with E-state index in [2.05, 4.69) is 4.99 Å². The average molecular weight is 406 g/mol. The summed E-state index contributed by atoms with van der Waals surface area (Å²) >= 11 is 1.24. The van der Waals surface area contributed by atoms with Crippen LogP contribution in [0.15, 0.2) is 58.4 Å². The lowest BCUT2D eigenvalue weighted by Crippen LogP contribution is -2.19. The molecule has 0 saturated heterocycles. The van der Waals surface area contributed by atoms with Crippen LogP contribution in [0, 0.1) is 0 Å². The van der Waals surface area contributed by atoms with Crippen molar-refractivity contribution in [3.63, 3.8) is 0 Å². The minimum absolute atomic E-state index is 0.0326. The minimum Gasteiger partial charge on any atom is -0.484 e. The Hall–Kier alpha value is -2.49.